The molecule has 0 fully saturated rings. The van der Waals surface area contributed by atoms with Gasteiger partial charge in [-0.15, -0.1) is 0 Å². The van der Waals surface area contributed by atoms with Gasteiger partial charge in [0, 0.05) is 61.7 Å². The lowest BCUT2D eigenvalue weighted by molar-refractivity contribution is 0.865. The highest BCUT2D eigenvalue weighted by Crippen LogP contribution is 2.39. The van der Waals surface area contributed by atoms with Crippen molar-refractivity contribution >= 4 is 27.8 Å². The van der Waals surface area contributed by atoms with E-state index in [1.807, 2.05) is 0 Å². The van der Waals surface area contributed by atoms with Crippen molar-refractivity contribution in [2.75, 3.05) is 54.0 Å². The lowest BCUT2D eigenvalue weighted by atomic mass is 9.82. The Morgan fingerprint density at radius 1 is 0.447 bits per heavy atom. The van der Waals surface area contributed by atoms with Crippen LogP contribution in [0.15, 0.2) is 84.9 Å². The summed E-state index contributed by atoms with van der Waals surface area (Å²) >= 11 is 0. The zero-order valence-electron chi connectivity index (χ0n) is 24.2. The number of anilines is 3. The number of rotatable bonds is 12. The third kappa shape index (κ3) is 5.53. The molecule has 3 nitrogen and oxygen atoms in total. The van der Waals surface area contributed by atoms with Gasteiger partial charge in [-0.25, -0.2) is 0 Å². The Morgan fingerprint density at radius 2 is 0.868 bits per heavy atom. The SMILES string of the molecule is CCN(CC)c1ccc([C](c2ccc(N(CC)CC)cc2)c2ccc(N(CC)CC)c3ccccc23)cc1. The zero-order chi connectivity index (χ0) is 27.1. The molecule has 0 aliphatic heterocycles. The van der Waals surface area contributed by atoms with Crippen LogP contribution in [-0.4, -0.2) is 39.3 Å². The van der Waals surface area contributed by atoms with Gasteiger partial charge in [-0.3, -0.25) is 0 Å². The number of nitrogens with zero attached hydrogens (tertiary/aromatic N) is 3. The van der Waals surface area contributed by atoms with Gasteiger partial charge in [-0.1, -0.05) is 54.6 Å². The second-order valence-electron chi connectivity index (χ2n) is 9.66. The molecule has 0 aliphatic rings. The third-order valence-corrected chi connectivity index (χ3v) is 7.84. The fourth-order valence-corrected chi connectivity index (χ4v) is 5.67. The Labute approximate surface area is 230 Å². The Hall–Kier alpha value is -3.46. The average molecular weight is 507 g/mol. The van der Waals surface area contributed by atoms with Crippen molar-refractivity contribution < 1.29 is 0 Å². The Morgan fingerprint density at radius 3 is 1.29 bits per heavy atom. The first-order chi connectivity index (χ1) is 18.6. The van der Waals surface area contributed by atoms with Crippen LogP contribution in [0.1, 0.15) is 58.2 Å². The first-order valence-corrected chi connectivity index (χ1v) is 14.4. The molecule has 0 amide bonds. The van der Waals surface area contributed by atoms with Crippen molar-refractivity contribution in [2.24, 2.45) is 0 Å². The summed E-state index contributed by atoms with van der Waals surface area (Å²) in [5, 5.41) is 2.61. The minimum atomic E-state index is 0.996. The first-order valence-electron chi connectivity index (χ1n) is 14.4. The first kappa shape index (κ1) is 27.6. The molecule has 0 bridgehead atoms. The van der Waals surface area contributed by atoms with Gasteiger partial charge in [0.1, 0.15) is 0 Å². The molecule has 0 saturated carbocycles. The standard InChI is InChI=1S/C35H44N3/c1-7-36(8-2)29-21-17-27(18-22-29)35(28-19-23-30(24-20-28)37(9-3)10-4)33-25-26-34(38(11-5)12-6)32-16-14-13-15-31(32)33/h13-26H,7-12H2,1-6H3. The van der Waals surface area contributed by atoms with Crippen molar-refractivity contribution in [1.29, 1.82) is 0 Å². The van der Waals surface area contributed by atoms with E-state index in [0.29, 0.717) is 0 Å². The van der Waals surface area contributed by atoms with E-state index < -0.39 is 0 Å². The summed E-state index contributed by atoms with van der Waals surface area (Å²) in [5.41, 5.74) is 7.63. The van der Waals surface area contributed by atoms with Gasteiger partial charge in [0.2, 0.25) is 0 Å². The zero-order valence-corrected chi connectivity index (χ0v) is 24.2. The van der Waals surface area contributed by atoms with Gasteiger partial charge in [0.15, 0.2) is 0 Å². The molecule has 0 N–H and O–H groups in total. The molecular weight excluding hydrogens is 462 g/mol. The summed E-state index contributed by atoms with van der Waals surface area (Å²) in [5.74, 6) is 1.28. The van der Waals surface area contributed by atoms with Gasteiger partial charge in [-0.2, -0.15) is 0 Å². The van der Waals surface area contributed by atoms with Crippen LogP contribution < -0.4 is 14.7 Å². The van der Waals surface area contributed by atoms with Crippen molar-refractivity contribution in [2.45, 2.75) is 41.5 Å². The molecule has 199 valence electrons. The molecule has 0 saturated heterocycles. The predicted octanol–water partition coefficient (Wildman–Crippen LogP) is 8.40. The highest BCUT2D eigenvalue weighted by molar-refractivity contribution is 5.98. The molecule has 1 radical (unpaired) electrons. The predicted molar refractivity (Wildman–Crippen MR) is 168 cm³/mol. The summed E-state index contributed by atoms with van der Waals surface area (Å²) in [6.07, 6.45) is 0. The second-order valence-corrected chi connectivity index (χ2v) is 9.66. The maximum Gasteiger partial charge on any atom is 0.0635 e. The molecule has 3 heteroatoms. The van der Waals surface area contributed by atoms with E-state index in [4.69, 9.17) is 0 Å². The van der Waals surface area contributed by atoms with Crippen LogP contribution in [0.5, 0.6) is 0 Å². The lowest BCUT2D eigenvalue weighted by Gasteiger charge is -2.27. The summed E-state index contributed by atoms with van der Waals surface area (Å²) in [7, 11) is 0. The summed E-state index contributed by atoms with van der Waals surface area (Å²) in [4.78, 5) is 7.25. The van der Waals surface area contributed by atoms with E-state index in [1.165, 1.54) is 50.4 Å². The number of hydrogen-bond acceptors (Lipinski definition) is 3. The largest absolute Gasteiger partial charge is 0.372 e. The van der Waals surface area contributed by atoms with Crippen LogP contribution >= 0.6 is 0 Å². The van der Waals surface area contributed by atoms with Crippen molar-refractivity contribution in [1.82, 2.24) is 0 Å². The number of hydrogen-bond donors (Lipinski definition) is 0. The van der Waals surface area contributed by atoms with Crippen LogP contribution in [0.2, 0.25) is 0 Å². The summed E-state index contributed by atoms with van der Waals surface area (Å²) < 4.78 is 0. The van der Waals surface area contributed by atoms with Crippen LogP contribution in [0.3, 0.4) is 0 Å². The molecule has 4 rings (SSSR count). The molecule has 0 heterocycles. The minimum absolute atomic E-state index is 0.996. The van der Waals surface area contributed by atoms with Gasteiger partial charge >= 0.3 is 0 Å². The monoisotopic (exact) mass is 506 g/mol. The topological polar surface area (TPSA) is 9.72 Å². The molecule has 0 atom stereocenters. The Kier molecular flexibility index (Phi) is 9.33. The van der Waals surface area contributed by atoms with Gasteiger partial charge < -0.3 is 14.7 Å². The van der Waals surface area contributed by atoms with Crippen LogP contribution in [0.4, 0.5) is 17.1 Å². The van der Waals surface area contributed by atoms with Crippen molar-refractivity contribution in [3.63, 3.8) is 0 Å². The molecular formula is C35H44N3. The van der Waals surface area contributed by atoms with Crippen LogP contribution in [0.25, 0.3) is 10.8 Å². The molecule has 4 aromatic carbocycles. The fraction of sp³-hybridized carbons (Fsp3) is 0.343. The van der Waals surface area contributed by atoms with Crippen LogP contribution in [0, 0.1) is 5.92 Å². The minimum Gasteiger partial charge on any atom is -0.372 e. The normalized spacial score (nSPS) is 11.2. The Balaban J connectivity index is 1.89. The molecule has 0 spiro atoms. The maximum absolute atomic E-state index is 2.45. The van der Waals surface area contributed by atoms with E-state index >= 15 is 0 Å². The smallest absolute Gasteiger partial charge is 0.0635 e. The van der Waals surface area contributed by atoms with Gasteiger partial charge in [0.05, 0.1) is 5.92 Å². The highest BCUT2D eigenvalue weighted by Gasteiger charge is 2.22. The molecule has 38 heavy (non-hydrogen) atoms. The summed E-state index contributed by atoms with van der Waals surface area (Å²) in [6, 6.07) is 31.9. The number of fused-ring (bicyclic) bond motifs is 1. The second kappa shape index (κ2) is 12.9. The van der Waals surface area contributed by atoms with Gasteiger partial charge in [0.25, 0.3) is 0 Å². The van der Waals surface area contributed by atoms with Crippen LogP contribution in [-0.2, 0) is 0 Å². The molecule has 0 aromatic heterocycles. The van der Waals surface area contributed by atoms with Gasteiger partial charge in [-0.05, 0) is 94.0 Å². The fourth-order valence-electron chi connectivity index (χ4n) is 5.67. The average Bonchev–Trinajstić information content (AvgIpc) is 2.97. The van der Waals surface area contributed by atoms with E-state index in [9.17, 15) is 0 Å². The van der Waals surface area contributed by atoms with Crippen molar-refractivity contribution in [3.8, 4) is 0 Å². The summed E-state index contributed by atoms with van der Waals surface area (Å²) in [6.45, 7) is 19.4. The Bertz CT molecular complexity index is 1230. The van der Waals surface area contributed by atoms with E-state index in [2.05, 4.69) is 141 Å². The molecule has 0 aliphatic carbocycles. The molecule has 0 unspecified atom stereocenters. The lowest BCUT2D eigenvalue weighted by Crippen LogP contribution is -2.22. The van der Waals surface area contributed by atoms with E-state index in [-0.39, 0.29) is 0 Å². The quantitative estimate of drug-likeness (QED) is 0.179. The van der Waals surface area contributed by atoms with E-state index in [1.54, 1.807) is 0 Å². The maximum atomic E-state index is 2.45. The van der Waals surface area contributed by atoms with Crippen molar-refractivity contribution in [3.05, 3.63) is 108 Å². The molecule has 4 aromatic rings. The van der Waals surface area contributed by atoms with E-state index in [0.717, 1.165) is 39.3 Å². The third-order valence-electron chi connectivity index (χ3n) is 7.84. The number of benzene rings is 4. The highest BCUT2D eigenvalue weighted by atomic mass is 15.1.